The second kappa shape index (κ2) is 8.71. The average molecular weight is 391 g/mol. The van der Waals surface area contributed by atoms with Crippen LogP contribution in [0, 0.1) is 5.92 Å². The average Bonchev–Trinajstić information content (AvgIpc) is 2.71. The van der Waals surface area contributed by atoms with Crippen molar-refractivity contribution >= 4 is 5.91 Å². The van der Waals surface area contributed by atoms with Gasteiger partial charge in [-0.1, -0.05) is 25.1 Å². The lowest BCUT2D eigenvalue weighted by molar-refractivity contribution is -0.137. The highest BCUT2D eigenvalue weighted by molar-refractivity contribution is 5.93. The van der Waals surface area contributed by atoms with Gasteiger partial charge in [-0.05, 0) is 43.2 Å². The molecule has 0 aliphatic carbocycles. The maximum Gasteiger partial charge on any atom is 0.416 e. The minimum Gasteiger partial charge on any atom is -0.338 e. The summed E-state index contributed by atoms with van der Waals surface area (Å²) in [5, 5.41) is 0. The third-order valence-corrected chi connectivity index (χ3v) is 5.17. The van der Waals surface area contributed by atoms with Gasteiger partial charge in [-0.3, -0.25) is 4.79 Å². The Labute approximate surface area is 162 Å². The molecule has 7 heteroatoms. The van der Waals surface area contributed by atoms with Crippen molar-refractivity contribution in [3.63, 3.8) is 0 Å². The van der Waals surface area contributed by atoms with E-state index in [2.05, 4.69) is 9.97 Å². The lowest BCUT2D eigenvalue weighted by atomic mass is 9.91. The largest absolute Gasteiger partial charge is 0.416 e. The summed E-state index contributed by atoms with van der Waals surface area (Å²) in [4.78, 5) is 22.9. The van der Waals surface area contributed by atoms with E-state index in [0.29, 0.717) is 36.5 Å². The predicted octanol–water partition coefficient (Wildman–Crippen LogP) is 4.54. The van der Waals surface area contributed by atoms with Gasteiger partial charge in [0, 0.05) is 31.9 Å². The molecule has 1 aliphatic rings. The molecule has 1 aromatic carbocycles. The smallest absolute Gasteiger partial charge is 0.338 e. The summed E-state index contributed by atoms with van der Waals surface area (Å²) >= 11 is 0. The third-order valence-electron chi connectivity index (χ3n) is 5.17. The Bertz CT molecular complexity index is 805. The fraction of sp³-hybridized carbons (Fsp3) is 0.476. The fourth-order valence-corrected chi connectivity index (χ4v) is 3.59. The molecule has 1 aromatic heterocycles. The molecule has 2 aromatic rings. The van der Waals surface area contributed by atoms with Crippen molar-refractivity contribution < 1.29 is 18.0 Å². The molecule has 0 N–H and O–H groups in total. The van der Waals surface area contributed by atoms with E-state index in [1.807, 2.05) is 11.8 Å². The number of halogens is 3. The molecule has 0 bridgehead atoms. The first-order valence-electron chi connectivity index (χ1n) is 9.63. The van der Waals surface area contributed by atoms with Crippen molar-refractivity contribution in [3.05, 3.63) is 59.2 Å². The van der Waals surface area contributed by atoms with Crippen molar-refractivity contribution in [1.29, 1.82) is 0 Å². The van der Waals surface area contributed by atoms with Crippen LogP contribution in [-0.2, 0) is 19.0 Å². The van der Waals surface area contributed by atoms with E-state index >= 15 is 0 Å². The number of aryl methyl sites for hydroxylation is 2. The first kappa shape index (κ1) is 20.3. The summed E-state index contributed by atoms with van der Waals surface area (Å²) < 4.78 is 38.6. The molecule has 3 rings (SSSR count). The summed E-state index contributed by atoms with van der Waals surface area (Å²) in [6.45, 7) is 3.26. The van der Waals surface area contributed by atoms with E-state index < -0.39 is 11.7 Å². The Morgan fingerprint density at radius 3 is 2.68 bits per heavy atom. The highest BCUT2D eigenvalue weighted by Gasteiger charge is 2.30. The molecule has 2 heterocycles. The number of alkyl halides is 3. The lowest BCUT2D eigenvalue weighted by Crippen LogP contribution is -2.40. The molecular weight excluding hydrogens is 367 g/mol. The van der Waals surface area contributed by atoms with E-state index in [0.717, 1.165) is 31.7 Å². The van der Waals surface area contributed by atoms with Gasteiger partial charge in [0.2, 0.25) is 0 Å². The Kier molecular flexibility index (Phi) is 6.31. The van der Waals surface area contributed by atoms with Crippen LogP contribution in [0.3, 0.4) is 0 Å². The molecule has 0 saturated carbocycles. The van der Waals surface area contributed by atoms with Crippen LogP contribution in [0.1, 0.15) is 53.5 Å². The van der Waals surface area contributed by atoms with Gasteiger partial charge in [-0.2, -0.15) is 13.2 Å². The molecular formula is C21H24F3N3O. The quantitative estimate of drug-likeness (QED) is 0.752. The Morgan fingerprint density at radius 2 is 2.00 bits per heavy atom. The van der Waals surface area contributed by atoms with Gasteiger partial charge in [-0.15, -0.1) is 0 Å². The number of carbonyl (C=O) groups is 1. The Hall–Kier alpha value is -2.44. The number of benzene rings is 1. The predicted molar refractivity (Wildman–Crippen MR) is 99.8 cm³/mol. The van der Waals surface area contributed by atoms with Gasteiger partial charge < -0.3 is 4.90 Å². The molecule has 1 atom stereocenters. The number of hydrogen-bond donors (Lipinski definition) is 0. The molecule has 0 spiro atoms. The number of hydrogen-bond acceptors (Lipinski definition) is 3. The molecule has 0 radical (unpaired) electrons. The van der Waals surface area contributed by atoms with Crippen LogP contribution in [0.5, 0.6) is 0 Å². The standard InChI is InChI=1S/C21H24F3N3O/c1-2-19-25-12-17(13-26-19)20(28)27-10-4-6-16(14-27)9-8-15-5-3-7-18(11-15)21(22,23)24/h3,5,7,11-13,16H,2,4,6,8-10,14H2,1H3/t16-/m0/s1. The topological polar surface area (TPSA) is 46.1 Å². The normalized spacial score (nSPS) is 17.6. The lowest BCUT2D eigenvalue weighted by Gasteiger charge is -2.33. The summed E-state index contributed by atoms with van der Waals surface area (Å²) in [5.41, 5.74) is 0.554. The first-order valence-corrected chi connectivity index (χ1v) is 9.63. The van der Waals surface area contributed by atoms with Crippen LogP contribution in [-0.4, -0.2) is 33.9 Å². The number of rotatable bonds is 5. The zero-order valence-electron chi connectivity index (χ0n) is 15.9. The third kappa shape index (κ3) is 5.09. The number of amides is 1. The van der Waals surface area contributed by atoms with Gasteiger partial charge in [-0.25, -0.2) is 9.97 Å². The molecule has 0 unspecified atom stereocenters. The molecule has 1 amide bonds. The highest BCUT2D eigenvalue weighted by atomic mass is 19.4. The fourth-order valence-electron chi connectivity index (χ4n) is 3.59. The first-order chi connectivity index (χ1) is 13.4. The van der Waals surface area contributed by atoms with E-state index in [4.69, 9.17) is 0 Å². The second-order valence-electron chi connectivity index (χ2n) is 7.24. The monoisotopic (exact) mass is 391 g/mol. The van der Waals surface area contributed by atoms with Gasteiger partial charge in [0.15, 0.2) is 0 Å². The second-order valence-corrected chi connectivity index (χ2v) is 7.24. The van der Waals surface area contributed by atoms with Crippen molar-refractivity contribution in [2.75, 3.05) is 13.1 Å². The van der Waals surface area contributed by atoms with Crippen LogP contribution in [0.25, 0.3) is 0 Å². The van der Waals surface area contributed by atoms with Crippen LogP contribution < -0.4 is 0 Å². The van der Waals surface area contributed by atoms with Crippen molar-refractivity contribution in [1.82, 2.24) is 14.9 Å². The zero-order chi connectivity index (χ0) is 20.1. The highest BCUT2D eigenvalue weighted by Crippen LogP contribution is 2.30. The summed E-state index contributed by atoms with van der Waals surface area (Å²) in [6, 6.07) is 5.50. The van der Waals surface area contributed by atoms with E-state index in [9.17, 15) is 18.0 Å². The maximum atomic E-state index is 12.9. The van der Waals surface area contributed by atoms with Gasteiger partial charge in [0.05, 0.1) is 11.1 Å². The van der Waals surface area contributed by atoms with Crippen LogP contribution in [0.4, 0.5) is 13.2 Å². The zero-order valence-corrected chi connectivity index (χ0v) is 15.9. The van der Waals surface area contributed by atoms with Crippen molar-refractivity contribution in [2.24, 2.45) is 5.92 Å². The Balaban J connectivity index is 1.58. The molecule has 4 nitrogen and oxygen atoms in total. The minimum absolute atomic E-state index is 0.0774. The molecule has 1 aliphatic heterocycles. The molecule has 1 fully saturated rings. The van der Waals surface area contributed by atoms with Crippen LogP contribution in [0.15, 0.2) is 36.7 Å². The number of likely N-dealkylation sites (tertiary alicyclic amines) is 1. The van der Waals surface area contributed by atoms with E-state index in [-0.39, 0.29) is 11.8 Å². The Morgan fingerprint density at radius 1 is 1.25 bits per heavy atom. The van der Waals surface area contributed by atoms with Crippen LogP contribution in [0.2, 0.25) is 0 Å². The minimum atomic E-state index is -4.32. The van der Waals surface area contributed by atoms with Gasteiger partial charge in [0.25, 0.3) is 5.91 Å². The van der Waals surface area contributed by atoms with Gasteiger partial charge >= 0.3 is 6.18 Å². The maximum absolute atomic E-state index is 12.9. The van der Waals surface area contributed by atoms with E-state index in [1.165, 1.54) is 12.1 Å². The van der Waals surface area contributed by atoms with Crippen LogP contribution >= 0.6 is 0 Å². The summed E-state index contributed by atoms with van der Waals surface area (Å²) in [6.07, 6.45) is 2.75. The number of carbonyl (C=O) groups excluding carboxylic acids is 1. The molecule has 1 saturated heterocycles. The number of aromatic nitrogens is 2. The molecule has 150 valence electrons. The summed E-state index contributed by atoms with van der Waals surface area (Å²) in [5.74, 6) is 0.906. The SMILES string of the molecule is CCc1ncc(C(=O)N2CCC[C@@H](CCc3cccc(C(F)(F)F)c3)C2)cn1. The molecule has 28 heavy (non-hydrogen) atoms. The summed E-state index contributed by atoms with van der Waals surface area (Å²) in [7, 11) is 0. The van der Waals surface area contributed by atoms with Gasteiger partial charge in [0.1, 0.15) is 5.82 Å². The van der Waals surface area contributed by atoms with Crippen molar-refractivity contribution in [2.45, 2.75) is 45.2 Å². The number of piperidine rings is 1. The van der Waals surface area contributed by atoms with Crippen molar-refractivity contribution in [3.8, 4) is 0 Å². The number of nitrogens with zero attached hydrogens (tertiary/aromatic N) is 3. The van der Waals surface area contributed by atoms with E-state index in [1.54, 1.807) is 18.5 Å².